The second-order valence-electron chi connectivity index (χ2n) is 10.8. The van der Waals surface area contributed by atoms with Crippen LogP contribution < -0.4 is 16.0 Å². The van der Waals surface area contributed by atoms with Gasteiger partial charge >= 0.3 is 0 Å². The van der Waals surface area contributed by atoms with E-state index in [4.69, 9.17) is 0 Å². The summed E-state index contributed by atoms with van der Waals surface area (Å²) in [5, 5.41) is 18.0. The number of Topliss-reactive ketones (excluding diaryl/α,β-unsaturated/α-hetero) is 1. The SMILES string of the molecule is O=C1CC[C@](C(=O)N2C[C@H]3CCC[C@H]3[C@@H]2C(=O)N[C@H](C[C@H]2CCNC2=O)C(=O)CO)(c2ccccc2)N1. The van der Waals surface area contributed by atoms with Crippen LogP contribution in [-0.4, -0.2) is 71.2 Å². The molecule has 0 spiro atoms. The van der Waals surface area contributed by atoms with Gasteiger partial charge in [0.25, 0.3) is 5.91 Å². The molecule has 198 valence electrons. The van der Waals surface area contributed by atoms with Gasteiger partial charge in [-0.2, -0.15) is 0 Å². The number of rotatable bonds is 8. The number of hydrogen-bond acceptors (Lipinski definition) is 6. The van der Waals surface area contributed by atoms with Crippen LogP contribution in [0.2, 0.25) is 0 Å². The van der Waals surface area contributed by atoms with Gasteiger partial charge in [0.05, 0.1) is 6.04 Å². The van der Waals surface area contributed by atoms with Gasteiger partial charge in [0.1, 0.15) is 18.2 Å². The summed E-state index contributed by atoms with van der Waals surface area (Å²) in [7, 11) is 0. The third-order valence-electron chi connectivity index (χ3n) is 8.68. The fourth-order valence-electron chi connectivity index (χ4n) is 6.78. The average Bonchev–Trinajstić information content (AvgIpc) is 3.68. The maximum Gasteiger partial charge on any atom is 0.253 e. The van der Waals surface area contributed by atoms with Crippen LogP contribution in [0.25, 0.3) is 0 Å². The largest absolute Gasteiger partial charge is 0.389 e. The average molecular weight is 511 g/mol. The lowest BCUT2D eigenvalue weighted by Gasteiger charge is -2.36. The highest BCUT2D eigenvalue weighted by Gasteiger charge is 2.56. The van der Waals surface area contributed by atoms with Gasteiger partial charge in [0, 0.05) is 25.4 Å². The first-order chi connectivity index (χ1) is 17.8. The number of amides is 4. The van der Waals surface area contributed by atoms with E-state index in [9.17, 15) is 29.1 Å². The molecule has 3 heterocycles. The van der Waals surface area contributed by atoms with Crippen molar-refractivity contribution in [2.45, 2.75) is 62.6 Å². The van der Waals surface area contributed by atoms with Crippen molar-refractivity contribution in [1.82, 2.24) is 20.9 Å². The van der Waals surface area contributed by atoms with Crippen LogP contribution in [0.1, 0.15) is 50.5 Å². The number of likely N-dealkylation sites (tertiary alicyclic amines) is 1. The maximum atomic E-state index is 14.2. The van der Waals surface area contributed by atoms with E-state index < -0.39 is 41.8 Å². The first-order valence-corrected chi connectivity index (χ1v) is 13.2. The normalized spacial score (nSPS) is 31.5. The Morgan fingerprint density at radius 3 is 2.57 bits per heavy atom. The summed E-state index contributed by atoms with van der Waals surface area (Å²) in [6.07, 6.45) is 3.84. The zero-order chi connectivity index (χ0) is 26.2. The van der Waals surface area contributed by atoms with E-state index in [0.29, 0.717) is 31.5 Å². The zero-order valence-electron chi connectivity index (χ0n) is 20.8. The molecule has 1 aromatic rings. The number of nitrogens with one attached hydrogen (secondary N) is 3. The molecule has 0 radical (unpaired) electrons. The van der Waals surface area contributed by atoms with Crippen LogP contribution in [0.3, 0.4) is 0 Å². The van der Waals surface area contributed by atoms with Crippen molar-refractivity contribution >= 4 is 29.4 Å². The molecule has 1 aliphatic carbocycles. The van der Waals surface area contributed by atoms with Crippen LogP contribution in [0, 0.1) is 17.8 Å². The van der Waals surface area contributed by atoms with Gasteiger partial charge in [-0.25, -0.2) is 0 Å². The highest BCUT2D eigenvalue weighted by Crippen LogP contribution is 2.45. The number of carbonyl (C=O) groups excluding carboxylic acids is 5. The van der Waals surface area contributed by atoms with Gasteiger partial charge in [0.15, 0.2) is 5.78 Å². The van der Waals surface area contributed by atoms with Crippen molar-refractivity contribution in [3.8, 4) is 0 Å². The molecule has 0 aromatic heterocycles. The number of nitrogens with zero attached hydrogens (tertiary/aromatic N) is 1. The standard InChI is InChI=1S/C27H34N4O6/c32-15-21(33)20(13-16-10-12-28-24(16)35)29-25(36)23-19-8-4-5-17(19)14-31(23)26(37)27(11-9-22(34)30-27)18-6-2-1-3-7-18/h1-3,6-7,16-17,19-20,23,32H,4-5,8-15H2,(H,28,35)(H,29,36)(H,30,34)/t16-,17-,19-,20-,23-,27-/m1/s1. The van der Waals surface area contributed by atoms with Crippen LogP contribution >= 0.6 is 0 Å². The lowest BCUT2D eigenvalue weighted by molar-refractivity contribution is -0.146. The van der Waals surface area contributed by atoms with Crippen molar-refractivity contribution in [2.75, 3.05) is 19.7 Å². The minimum atomic E-state index is -1.24. The molecule has 10 nitrogen and oxygen atoms in total. The first kappa shape index (κ1) is 25.4. The topological polar surface area (TPSA) is 145 Å². The van der Waals surface area contributed by atoms with E-state index in [0.717, 1.165) is 19.3 Å². The first-order valence-electron chi connectivity index (χ1n) is 13.2. The molecule has 37 heavy (non-hydrogen) atoms. The monoisotopic (exact) mass is 510 g/mol. The Bertz CT molecular complexity index is 1090. The van der Waals surface area contributed by atoms with E-state index in [2.05, 4.69) is 16.0 Å². The summed E-state index contributed by atoms with van der Waals surface area (Å²) in [4.78, 5) is 66.6. The third-order valence-corrected chi connectivity index (χ3v) is 8.68. The van der Waals surface area contributed by atoms with E-state index >= 15 is 0 Å². The molecule has 4 fully saturated rings. The van der Waals surface area contributed by atoms with Crippen LogP contribution in [0.5, 0.6) is 0 Å². The fraction of sp³-hybridized carbons (Fsp3) is 0.593. The van der Waals surface area contributed by atoms with Crippen molar-refractivity contribution in [3.63, 3.8) is 0 Å². The number of ketones is 1. The number of hydrogen-bond donors (Lipinski definition) is 4. The summed E-state index contributed by atoms with van der Waals surface area (Å²) < 4.78 is 0. The fourth-order valence-corrected chi connectivity index (χ4v) is 6.78. The second-order valence-corrected chi connectivity index (χ2v) is 10.8. The number of aliphatic hydroxyl groups excluding tert-OH is 1. The number of carbonyl (C=O) groups is 5. The van der Waals surface area contributed by atoms with Crippen molar-refractivity contribution in [2.24, 2.45) is 17.8 Å². The number of fused-ring (bicyclic) bond motifs is 1. The molecule has 1 saturated carbocycles. The molecular formula is C27H34N4O6. The Kier molecular flexibility index (Phi) is 7.02. The summed E-state index contributed by atoms with van der Waals surface area (Å²) in [5.41, 5.74) is -0.555. The Morgan fingerprint density at radius 1 is 1.14 bits per heavy atom. The van der Waals surface area contributed by atoms with Gasteiger partial charge < -0.3 is 26.0 Å². The quantitative estimate of drug-likeness (QED) is 0.387. The molecule has 6 atom stereocenters. The van der Waals surface area contributed by atoms with Gasteiger partial charge in [-0.3, -0.25) is 24.0 Å². The molecule has 0 unspecified atom stereocenters. The minimum absolute atomic E-state index is 0.0477. The number of benzene rings is 1. The van der Waals surface area contributed by atoms with Gasteiger partial charge in [-0.15, -0.1) is 0 Å². The van der Waals surface area contributed by atoms with Gasteiger partial charge in [0.2, 0.25) is 17.7 Å². The van der Waals surface area contributed by atoms with Crippen molar-refractivity contribution < 1.29 is 29.1 Å². The van der Waals surface area contributed by atoms with Crippen molar-refractivity contribution in [3.05, 3.63) is 35.9 Å². The second kappa shape index (κ2) is 10.2. The predicted octanol–water partition coefficient (Wildman–Crippen LogP) is -0.00860. The summed E-state index contributed by atoms with van der Waals surface area (Å²) in [6.45, 7) is 0.177. The summed E-state index contributed by atoms with van der Waals surface area (Å²) >= 11 is 0. The molecule has 0 bridgehead atoms. The van der Waals surface area contributed by atoms with E-state index in [1.165, 1.54) is 0 Å². The smallest absolute Gasteiger partial charge is 0.253 e. The Hall–Kier alpha value is -3.27. The van der Waals surface area contributed by atoms with Gasteiger partial charge in [-0.05, 0) is 49.5 Å². The Labute approximate surface area is 215 Å². The molecule has 3 saturated heterocycles. The highest BCUT2D eigenvalue weighted by molar-refractivity contribution is 5.99. The van der Waals surface area contributed by atoms with E-state index in [1.54, 1.807) is 4.90 Å². The lowest BCUT2D eigenvalue weighted by Crippen LogP contribution is -2.59. The zero-order valence-corrected chi connectivity index (χ0v) is 20.8. The molecule has 10 heteroatoms. The van der Waals surface area contributed by atoms with Crippen LogP contribution in [0.15, 0.2) is 30.3 Å². The van der Waals surface area contributed by atoms with E-state index in [-0.39, 0.29) is 42.4 Å². The van der Waals surface area contributed by atoms with Crippen LogP contribution in [0.4, 0.5) is 0 Å². The third kappa shape index (κ3) is 4.63. The molecular weight excluding hydrogens is 476 g/mol. The van der Waals surface area contributed by atoms with E-state index in [1.807, 2.05) is 30.3 Å². The van der Waals surface area contributed by atoms with Gasteiger partial charge in [-0.1, -0.05) is 36.8 Å². The number of aliphatic hydroxyl groups is 1. The molecule has 1 aromatic carbocycles. The summed E-state index contributed by atoms with van der Waals surface area (Å²) in [6, 6.07) is 7.32. The predicted molar refractivity (Wildman–Crippen MR) is 132 cm³/mol. The Balaban J connectivity index is 1.42. The van der Waals surface area contributed by atoms with Crippen molar-refractivity contribution in [1.29, 1.82) is 0 Å². The Morgan fingerprint density at radius 2 is 1.92 bits per heavy atom. The lowest BCUT2D eigenvalue weighted by atomic mass is 9.86. The minimum Gasteiger partial charge on any atom is -0.389 e. The molecule has 4 N–H and O–H groups in total. The highest BCUT2D eigenvalue weighted by atomic mass is 16.3. The molecule has 5 rings (SSSR count). The molecule has 4 aliphatic rings. The van der Waals surface area contributed by atoms with Crippen LogP contribution in [-0.2, 0) is 29.5 Å². The molecule has 3 aliphatic heterocycles. The molecule has 4 amide bonds. The maximum absolute atomic E-state index is 14.2. The summed E-state index contributed by atoms with van der Waals surface area (Å²) in [5.74, 6) is -1.99.